The monoisotopic (exact) mass is 341 g/mol. The summed E-state index contributed by atoms with van der Waals surface area (Å²) < 4.78 is 5.49. The lowest BCUT2D eigenvalue weighted by molar-refractivity contribution is 0.394. The molecule has 0 aliphatic rings. The molecule has 0 fully saturated rings. The first kappa shape index (κ1) is 19.2. The van der Waals surface area contributed by atoms with Gasteiger partial charge in [-0.05, 0) is 42.5 Å². The fourth-order valence-electron chi connectivity index (χ4n) is 3.53. The first-order valence-electron chi connectivity index (χ1n) is 8.77. The molecule has 25 heavy (non-hydrogen) atoms. The third-order valence-electron chi connectivity index (χ3n) is 4.59. The molecule has 136 valence electrons. The van der Waals surface area contributed by atoms with Crippen molar-refractivity contribution in [3.05, 3.63) is 46.9 Å². The van der Waals surface area contributed by atoms with Crippen LogP contribution >= 0.6 is 0 Å². The van der Waals surface area contributed by atoms with Crippen LogP contribution in [0.25, 0.3) is 0 Å². The molecule has 0 atom stereocenters. The summed E-state index contributed by atoms with van der Waals surface area (Å²) >= 11 is 0. The van der Waals surface area contributed by atoms with Crippen LogP contribution in [0.4, 0.5) is 5.82 Å². The lowest BCUT2D eigenvalue weighted by Crippen LogP contribution is -2.29. The van der Waals surface area contributed by atoms with E-state index in [1.165, 1.54) is 11.1 Å². The Morgan fingerprint density at radius 2 is 1.80 bits per heavy atom. The molecule has 2 aromatic heterocycles. The van der Waals surface area contributed by atoms with Gasteiger partial charge in [-0.3, -0.25) is 4.98 Å². The summed E-state index contributed by atoms with van der Waals surface area (Å²) in [6, 6.07) is 4.05. The van der Waals surface area contributed by atoms with Gasteiger partial charge in [0.25, 0.3) is 0 Å². The standard InChI is InChI=1S/C21H31N3O/c1-14-11-18(24-15(2)19(14)20(3,4)5)23-13-21(6,7)16-12-22-10-9-17(16)25-8/h9-12H,13H2,1-8H3,(H,23,24). The molecule has 1 N–H and O–H groups in total. The Morgan fingerprint density at radius 3 is 2.36 bits per heavy atom. The molecule has 0 aromatic carbocycles. The second-order valence-corrected chi connectivity index (χ2v) is 8.35. The van der Waals surface area contributed by atoms with Gasteiger partial charge in [0, 0.05) is 35.6 Å². The molecule has 0 saturated carbocycles. The molecular formula is C21H31N3O. The normalized spacial score (nSPS) is 12.2. The van der Waals surface area contributed by atoms with Crippen LogP contribution in [0.2, 0.25) is 0 Å². The number of ether oxygens (including phenoxy) is 1. The Hall–Kier alpha value is -2.10. The van der Waals surface area contributed by atoms with E-state index < -0.39 is 0 Å². The quantitative estimate of drug-likeness (QED) is 0.849. The van der Waals surface area contributed by atoms with E-state index in [0.29, 0.717) is 0 Å². The SMILES string of the molecule is COc1ccncc1C(C)(C)CNc1cc(C)c(C(C)(C)C)c(C)n1. The summed E-state index contributed by atoms with van der Waals surface area (Å²) in [5, 5.41) is 3.50. The minimum atomic E-state index is -0.133. The van der Waals surface area contributed by atoms with Crippen LogP contribution in [0, 0.1) is 13.8 Å². The molecule has 0 amide bonds. The van der Waals surface area contributed by atoms with Gasteiger partial charge in [-0.25, -0.2) is 4.98 Å². The van der Waals surface area contributed by atoms with E-state index in [2.05, 4.69) is 64.8 Å². The van der Waals surface area contributed by atoms with Gasteiger partial charge in [-0.15, -0.1) is 0 Å². The Morgan fingerprint density at radius 1 is 1.12 bits per heavy atom. The number of aryl methyl sites for hydroxylation is 2. The molecule has 0 saturated heterocycles. The molecular weight excluding hydrogens is 310 g/mol. The molecule has 4 nitrogen and oxygen atoms in total. The fraction of sp³-hybridized carbons (Fsp3) is 0.524. The fourth-order valence-corrected chi connectivity index (χ4v) is 3.53. The van der Waals surface area contributed by atoms with Gasteiger partial charge in [0.1, 0.15) is 11.6 Å². The number of methoxy groups -OCH3 is 1. The van der Waals surface area contributed by atoms with Crippen LogP contribution in [0.5, 0.6) is 5.75 Å². The minimum absolute atomic E-state index is 0.0992. The van der Waals surface area contributed by atoms with Crippen LogP contribution in [0.3, 0.4) is 0 Å². The van der Waals surface area contributed by atoms with E-state index in [-0.39, 0.29) is 10.8 Å². The van der Waals surface area contributed by atoms with E-state index in [0.717, 1.165) is 29.4 Å². The van der Waals surface area contributed by atoms with Gasteiger partial charge >= 0.3 is 0 Å². The second kappa shape index (κ2) is 7.03. The summed E-state index contributed by atoms with van der Waals surface area (Å²) in [5.41, 5.74) is 4.75. The van der Waals surface area contributed by atoms with Crippen molar-refractivity contribution in [1.29, 1.82) is 0 Å². The third-order valence-corrected chi connectivity index (χ3v) is 4.59. The number of pyridine rings is 2. The molecule has 0 aliphatic heterocycles. The molecule has 2 rings (SSSR count). The van der Waals surface area contributed by atoms with Crippen molar-refractivity contribution in [3.8, 4) is 5.75 Å². The molecule has 2 heterocycles. The van der Waals surface area contributed by atoms with E-state index >= 15 is 0 Å². The zero-order valence-electron chi connectivity index (χ0n) is 16.8. The zero-order valence-corrected chi connectivity index (χ0v) is 16.8. The van der Waals surface area contributed by atoms with Crippen molar-refractivity contribution in [3.63, 3.8) is 0 Å². The highest BCUT2D eigenvalue weighted by molar-refractivity contribution is 5.47. The molecule has 0 unspecified atom stereocenters. The molecule has 4 heteroatoms. The van der Waals surface area contributed by atoms with Gasteiger partial charge in [0.15, 0.2) is 0 Å². The first-order chi connectivity index (χ1) is 11.6. The first-order valence-corrected chi connectivity index (χ1v) is 8.77. The van der Waals surface area contributed by atoms with Crippen molar-refractivity contribution in [2.45, 2.75) is 59.3 Å². The number of anilines is 1. The van der Waals surface area contributed by atoms with Crippen LogP contribution in [-0.4, -0.2) is 23.6 Å². The summed E-state index contributed by atoms with van der Waals surface area (Å²) in [6.07, 6.45) is 3.64. The summed E-state index contributed by atoms with van der Waals surface area (Å²) in [4.78, 5) is 9.04. The average Bonchev–Trinajstić information content (AvgIpc) is 2.51. The summed E-state index contributed by atoms with van der Waals surface area (Å²) in [7, 11) is 1.70. The van der Waals surface area contributed by atoms with Crippen LogP contribution < -0.4 is 10.1 Å². The van der Waals surface area contributed by atoms with Crippen LogP contribution in [-0.2, 0) is 10.8 Å². The van der Waals surface area contributed by atoms with Crippen LogP contribution in [0.15, 0.2) is 24.5 Å². The van der Waals surface area contributed by atoms with E-state index in [9.17, 15) is 0 Å². The number of rotatable bonds is 5. The Balaban J connectivity index is 2.24. The smallest absolute Gasteiger partial charge is 0.126 e. The highest BCUT2D eigenvalue weighted by atomic mass is 16.5. The predicted octanol–water partition coefficient (Wildman–Crippen LogP) is 4.79. The lowest BCUT2D eigenvalue weighted by atomic mass is 9.83. The van der Waals surface area contributed by atoms with Gasteiger partial charge in [0.2, 0.25) is 0 Å². The van der Waals surface area contributed by atoms with Gasteiger partial charge < -0.3 is 10.1 Å². The van der Waals surface area contributed by atoms with E-state index in [1.54, 1.807) is 13.3 Å². The van der Waals surface area contributed by atoms with Gasteiger partial charge in [0.05, 0.1) is 7.11 Å². The molecule has 0 radical (unpaired) electrons. The van der Waals surface area contributed by atoms with Crippen molar-refractivity contribution in [2.75, 3.05) is 19.0 Å². The maximum absolute atomic E-state index is 5.49. The third kappa shape index (κ3) is 4.30. The zero-order chi connectivity index (χ0) is 18.8. The number of hydrogen-bond acceptors (Lipinski definition) is 4. The summed E-state index contributed by atoms with van der Waals surface area (Å²) in [6.45, 7) is 16.1. The maximum atomic E-state index is 5.49. The largest absolute Gasteiger partial charge is 0.496 e. The second-order valence-electron chi connectivity index (χ2n) is 8.35. The van der Waals surface area contributed by atoms with Crippen molar-refractivity contribution in [1.82, 2.24) is 9.97 Å². The summed E-state index contributed by atoms with van der Waals surface area (Å²) in [5.74, 6) is 1.78. The Kier molecular flexibility index (Phi) is 5.40. The predicted molar refractivity (Wildman–Crippen MR) is 105 cm³/mol. The lowest BCUT2D eigenvalue weighted by Gasteiger charge is -2.28. The Labute approximate surface area is 152 Å². The van der Waals surface area contributed by atoms with E-state index in [4.69, 9.17) is 9.72 Å². The van der Waals surface area contributed by atoms with Crippen molar-refractivity contribution >= 4 is 5.82 Å². The van der Waals surface area contributed by atoms with E-state index in [1.807, 2.05) is 12.3 Å². The topological polar surface area (TPSA) is 47.0 Å². The van der Waals surface area contributed by atoms with Crippen molar-refractivity contribution in [2.24, 2.45) is 0 Å². The number of aromatic nitrogens is 2. The molecule has 0 aliphatic carbocycles. The van der Waals surface area contributed by atoms with Gasteiger partial charge in [-0.1, -0.05) is 34.6 Å². The number of hydrogen-bond donors (Lipinski definition) is 1. The Bertz CT molecular complexity index is 722. The van der Waals surface area contributed by atoms with Crippen molar-refractivity contribution < 1.29 is 4.74 Å². The minimum Gasteiger partial charge on any atom is -0.496 e. The molecule has 0 bridgehead atoms. The number of nitrogens with zero attached hydrogens (tertiary/aromatic N) is 2. The highest BCUT2D eigenvalue weighted by Gasteiger charge is 2.25. The van der Waals surface area contributed by atoms with Crippen LogP contribution in [0.1, 0.15) is 57.0 Å². The number of nitrogens with one attached hydrogen (secondary N) is 1. The van der Waals surface area contributed by atoms with Gasteiger partial charge in [-0.2, -0.15) is 0 Å². The highest BCUT2D eigenvalue weighted by Crippen LogP contribution is 2.32. The maximum Gasteiger partial charge on any atom is 0.126 e. The average molecular weight is 341 g/mol. The molecule has 2 aromatic rings. The molecule has 0 spiro atoms.